The van der Waals surface area contributed by atoms with Crippen LogP contribution in [0, 0.1) is 6.92 Å². The first-order valence-electron chi connectivity index (χ1n) is 8.80. The highest BCUT2D eigenvalue weighted by Crippen LogP contribution is 2.19. The predicted molar refractivity (Wildman–Crippen MR) is 99.0 cm³/mol. The molecular weight excluding hydrogens is 362 g/mol. The average molecular weight is 381 g/mol. The third kappa shape index (κ3) is 3.76. The van der Waals surface area contributed by atoms with E-state index in [1.165, 1.54) is 0 Å². The van der Waals surface area contributed by atoms with Crippen molar-refractivity contribution in [3.05, 3.63) is 53.6 Å². The number of morpholine rings is 1. The second-order valence-corrected chi connectivity index (χ2v) is 6.39. The van der Waals surface area contributed by atoms with Gasteiger partial charge in [-0.15, -0.1) is 5.10 Å². The van der Waals surface area contributed by atoms with Crippen LogP contribution >= 0.6 is 0 Å². The van der Waals surface area contributed by atoms with Crippen molar-refractivity contribution in [2.24, 2.45) is 0 Å². The zero-order chi connectivity index (χ0) is 19.5. The third-order valence-electron chi connectivity index (χ3n) is 4.32. The van der Waals surface area contributed by atoms with E-state index < -0.39 is 0 Å². The maximum atomic E-state index is 12.0. The van der Waals surface area contributed by atoms with Crippen LogP contribution in [-0.2, 0) is 16.1 Å². The van der Waals surface area contributed by atoms with Crippen LogP contribution in [0.15, 0.2) is 36.5 Å². The normalized spacial score (nSPS) is 14.3. The number of nitrogens with zero attached hydrogens (tertiary/aromatic N) is 5. The van der Waals surface area contributed by atoms with Gasteiger partial charge in [-0.3, -0.25) is 14.7 Å². The molecule has 1 aliphatic heterocycles. The first-order chi connectivity index (χ1) is 13.6. The summed E-state index contributed by atoms with van der Waals surface area (Å²) < 4.78 is 6.77. The molecule has 0 unspecified atom stereocenters. The van der Waals surface area contributed by atoms with E-state index in [0.717, 1.165) is 17.1 Å². The molecule has 0 bridgehead atoms. The van der Waals surface area contributed by atoms with Gasteiger partial charge in [-0.05, 0) is 37.3 Å². The summed E-state index contributed by atoms with van der Waals surface area (Å²) in [5.41, 5.74) is 3.39. The minimum atomic E-state index is -0.279. The van der Waals surface area contributed by atoms with Gasteiger partial charge in [0.25, 0.3) is 11.8 Å². The fourth-order valence-corrected chi connectivity index (χ4v) is 2.88. The number of aromatic nitrogens is 5. The summed E-state index contributed by atoms with van der Waals surface area (Å²) in [6, 6.07) is 9.12. The SMILES string of the molecule is Cc1cc(C(=O)NCc2cn(-c3ccc(N4CCOCC4=O)cc3)nn2)n[nH]1. The zero-order valence-corrected chi connectivity index (χ0v) is 15.3. The fourth-order valence-electron chi connectivity index (χ4n) is 2.88. The number of hydrogen-bond acceptors (Lipinski definition) is 6. The second kappa shape index (κ2) is 7.61. The molecule has 1 aromatic carbocycles. The topological polar surface area (TPSA) is 118 Å². The Morgan fingerprint density at radius 2 is 2.07 bits per heavy atom. The lowest BCUT2D eigenvalue weighted by atomic mass is 10.2. The van der Waals surface area contributed by atoms with Crippen molar-refractivity contribution in [1.82, 2.24) is 30.5 Å². The van der Waals surface area contributed by atoms with Crippen molar-refractivity contribution >= 4 is 17.5 Å². The van der Waals surface area contributed by atoms with Crippen molar-refractivity contribution in [2.75, 3.05) is 24.7 Å². The number of ether oxygens (including phenoxy) is 1. The molecule has 10 heteroatoms. The number of H-pyrrole nitrogens is 1. The molecule has 0 atom stereocenters. The monoisotopic (exact) mass is 381 g/mol. The summed E-state index contributed by atoms with van der Waals surface area (Å²) >= 11 is 0. The first-order valence-corrected chi connectivity index (χ1v) is 8.80. The predicted octanol–water partition coefficient (Wildman–Crippen LogP) is 0.592. The van der Waals surface area contributed by atoms with Gasteiger partial charge in [-0.1, -0.05) is 5.21 Å². The van der Waals surface area contributed by atoms with E-state index in [1.54, 1.807) is 21.8 Å². The average Bonchev–Trinajstić information content (AvgIpc) is 3.36. The summed E-state index contributed by atoms with van der Waals surface area (Å²) in [5.74, 6) is -0.330. The molecular formula is C18H19N7O3. The summed E-state index contributed by atoms with van der Waals surface area (Å²) in [4.78, 5) is 25.6. The van der Waals surface area contributed by atoms with E-state index in [4.69, 9.17) is 4.74 Å². The molecule has 4 rings (SSSR count). The lowest BCUT2D eigenvalue weighted by Gasteiger charge is -2.26. The zero-order valence-electron chi connectivity index (χ0n) is 15.3. The van der Waals surface area contributed by atoms with Crippen molar-refractivity contribution in [3.63, 3.8) is 0 Å². The molecule has 0 aliphatic carbocycles. The van der Waals surface area contributed by atoms with Crippen LogP contribution in [0.25, 0.3) is 5.69 Å². The molecule has 10 nitrogen and oxygen atoms in total. The molecule has 0 radical (unpaired) electrons. The Balaban J connectivity index is 1.39. The van der Waals surface area contributed by atoms with Gasteiger partial charge in [-0.2, -0.15) is 5.10 Å². The Labute approximate surface area is 160 Å². The molecule has 1 aliphatic rings. The van der Waals surface area contributed by atoms with Crippen LogP contribution in [0.4, 0.5) is 5.69 Å². The number of hydrogen-bond donors (Lipinski definition) is 2. The van der Waals surface area contributed by atoms with Crippen LogP contribution in [-0.4, -0.2) is 56.8 Å². The minimum absolute atomic E-state index is 0.0510. The maximum absolute atomic E-state index is 12.0. The molecule has 1 saturated heterocycles. The molecule has 3 aromatic rings. The molecule has 144 valence electrons. The summed E-state index contributed by atoms with van der Waals surface area (Å²) in [7, 11) is 0. The van der Waals surface area contributed by atoms with Gasteiger partial charge in [0, 0.05) is 17.9 Å². The number of amides is 2. The van der Waals surface area contributed by atoms with Crippen molar-refractivity contribution in [1.29, 1.82) is 0 Å². The highest BCUT2D eigenvalue weighted by atomic mass is 16.5. The van der Waals surface area contributed by atoms with Crippen LogP contribution < -0.4 is 10.2 Å². The Morgan fingerprint density at radius 1 is 1.29 bits per heavy atom. The smallest absolute Gasteiger partial charge is 0.272 e. The molecule has 1 fully saturated rings. The number of benzene rings is 1. The lowest BCUT2D eigenvalue weighted by molar-refractivity contribution is -0.125. The Hall–Kier alpha value is -3.53. The number of nitrogens with one attached hydrogen (secondary N) is 2. The number of carbonyl (C=O) groups excluding carboxylic acids is 2. The standard InChI is InChI=1S/C18H19N7O3/c1-12-8-16(22-20-12)18(27)19-9-13-10-25(23-21-13)15-4-2-14(3-5-15)24-6-7-28-11-17(24)26/h2-5,8,10H,6-7,9,11H2,1H3,(H,19,27)(H,20,22). The van der Waals surface area contributed by atoms with E-state index in [-0.39, 0.29) is 25.0 Å². The van der Waals surface area contributed by atoms with Crippen LogP contribution in [0.2, 0.25) is 0 Å². The van der Waals surface area contributed by atoms with Gasteiger partial charge < -0.3 is 15.0 Å². The molecule has 0 saturated carbocycles. The molecule has 2 amide bonds. The minimum Gasteiger partial charge on any atom is -0.370 e. The van der Waals surface area contributed by atoms with Crippen LogP contribution in [0.1, 0.15) is 21.9 Å². The molecule has 2 N–H and O–H groups in total. The fraction of sp³-hybridized carbons (Fsp3) is 0.278. The maximum Gasteiger partial charge on any atom is 0.272 e. The van der Waals surface area contributed by atoms with E-state index in [2.05, 4.69) is 25.8 Å². The Bertz CT molecular complexity index is 993. The van der Waals surface area contributed by atoms with Crippen LogP contribution in [0.3, 0.4) is 0 Å². The van der Waals surface area contributed by atoms with Gasteiger partial charge in [0.05, 0.1) is 25.0 Å². The van der Waals surface area contributed by atoms with E-state index in [9.17, 15) is 9.59 Å². The van der Waals surface area contributed by atoms with E-state index in [0.29, 0.717) is 24.5 Å². The molecule has 0 spiro atoms. The number of aryl methyl sites for hydroxylation is 1. The summed E-state index contributed by atoms with van der Waals surface area (Å²) in [6.45, 7) is 3.25. The summed E-state index contributed by atoms with van der Waals surface area (Å²) in [5, 5.41) is 17.6. The number of aromatic amines is 1. The molecule has 28 heavy (non-hydrogen) atoms. The van der Waals surface area contributed by atoms with Gasteiger partial charge in [0.15, 0.2) is 0 Å². The first kappa shape index (κ1) is 17.9. The van der Waals surface area contributed by atoms with Gasteiger partial charge >= 0.3 is 0 Å². The van der Waals surface area contributed by atoms with E-state index in [1.807, 2.05) is 31.2 Å². The van der Waals surface area contributed by atoms with Crippen molar-refractivity contribution in [2.45, 2.75) is 13.5 Å². The Kier molecular flexibility index (Phi) is 4.85. The van der Waals surface area contributed by atoms with Crippen LogP contribution in [0.5, 0.6) is 0 Å². The highest BCUT2D eigenvalue weighted by Gasteiger charge is 2.20. The lowest BCUT2D eigenvalue weighted by Crippen LogP contribution is -2.41. The highest BCUT2D eigenvalue weighted by molar-refractivity contribution is 5.95. The van der Waals surface area contributed by atoms with Crippen molar-refractivity contribution < 1.29 is 14.3 Å². The Morgan fingerprint density at radius 3 is 2.79 bits per heavy atom. The third-order valence-corrected chi connectivity index (χ3v) is 4.32. The number of rotatable bonds is 5. The quantitative estimate of drug-likeness (QED) is 0.668. The van der Waals surface area contributed by atoms with Gasteiger partial charge in [-0.25, -0.2) is 4.68 Å². The number of anilines is 1. The molecule has 2 aromatic heterocycles. The van der Waals surface area contributed by atoms with Crippen molar-refractivity contribution in [3.8, 4) is 5.69 Å². The second-order valence-electron chi connectivity index (χ2n) is 6.39. The van der Waals surface area contributed by atoms with E-state index >= 15 is 0 Å². The molecule has 3 heterocycles. The summed E-state index contributed by atoms with van der Waals surface area (Å²) in [6.07, 6.45) is 1.74. The largest absolute Gasteiger partial charge is 0.370 e. The van der Waals surface area contributed by atoms with Gasteiger partial charge in [0.2, 0.25) is 0 Å². The number of carbonyl (C=O) groups is 2. The van der Waals surface area contributed by atoms with Gasteiger partial charge in [0.1, 0.15) is 18.0 Å².